The number of nitrogens with one attached hydrogen (secondary N) is 3. The molecule has 260 valence electrons. The van der Waals surface area contributed by atoms with E-state index in [-0.39, 0.29) is 30.1 Å². The Kier molecular flexibility index (Phi) is 12.0. The third kappa shape index (κ3) is 8.48. The van der Waals surface area contributed by atoms with E-state index >= 15 is 0 Å². The molecule has 4 rings (SSSR count). The van der Waals surface area contributed by atoms with Crippen LogP contribution in [0.25, 0.3) is 0 Å². The fourth-order valence-corrected chi connectivity index (χ4v) is 6.81. The van der Waals surface area contributed by atoms with Crippen molar-refractivity contribution in [3.63, 3.8) is 0 Å². The van der Waals surface area contributed by atoms with Crippen LogP contribution in [0.4, 0.5) is 0 Å². The molecule has 3 aliphatic heterocycles. The van der Waals surface area contributed by atoms with Gasteiger partial charge in [-0.15, -0.1) is 0 Å². The van der Waals surface area contributed by atoms with E-state index in [0.717, 1.165) is 0 Å². The van der Waals surface area contributed by atoms with Gasteiger partial charge in [0.2, 0.25) is 29.5 Å². The van der Waals surface area contributed by atoms with Gasteiger partial charge in [0, 0.05) is 37.9 Å². The van der Waals surface area contributed by atoms with Crippen LogP contribution >= 0.6 is 0 Å². The number of carboxylic acids is 1. The lowest BCUT2D eigenvalue weighted by molar-refractivity contribution is -0.153. The lowest BCUT2D eigenvalue weighted by Crippen LogP contribution is -2.59. The number of nitrogens with two attached hydrogens (primary N) is 1. The second-order valence-electron chi connectivity index (χ2n) is 13.7. The number of aromatic amines is 1. The summed E-state index contributed by atoms with van der Waals surface area (Å²) in [7, 11) is 0. The van der Waals surface area contributed by atoms with Crippen LogP contribution in [0.3, 0.4) is 0 Å². The minimum Gasteiger partial charge on any atom is -0.480 e. The van der Waals surface area contributed by atoms with Gasteiger partial charge in [0.1, 0.15) is 30.2 Å². The maximum absolute atomic E-state index is 14.1. The number of rotatable bonds is 13. The number of nitrogens with zero attached hydrogens (tertiary/aromatic N) is 4. The van der Waals surface area contributed by atoms with Gasteiger partial charge in [-0.1, -0.05) is 27.7 Å². The van der Waals surface area contributed by atoms with E-state index in [2.05, 4.69) is 20.6 Å². The molecule has 3 aliphatic rings. The number of carbonyl (C=O) groups is 6. The number of carboxylic acid groups (broad SMARTS) is 1. The van der Waals surface area contributed by atoms with Gasteiger partial charge >= 0.3 is 5.97 Å². The Morgan fingerprint density at radius 3 is 1.91 bits per heavy atom. The van der Waals surface area contributed by atoms with Gasteiger partial charge in [0.05, 0.1) is 12.4 Å². The number of aliphatic carboxylic acids is 1. The maximum Gasteiger partial charge on any atom is 0.326 e. The average molecular weight is 659 g/mol. The summed E-state index contributed by atoms with van der Waals surface area (Å²) >= 11 is 0. The average Bonchev–Trinajstić information content (AvgIpc) is 3.85. The minimum absolute atomic E-state index is 0.0132. The molecular formula is C32H50N8O7. The summed E-state index contributed by atoms with van der Waals surface area (Å²) in [5, 5.41) is 15.2. The molecule has 15 nitrogen and oxygen atoms in total. The van der Waals surface area contributed by atoms with Crippen molar-refractivity contribution >= 4 is 35.5 Å². The third-order valence-electron chi connectivity index (χ3n) is 9.42. The molecule has 6 N–H and O–H groups in total. The predicted molar refractivity (Wildman–Crippen MR) is 170 cm³/mol. The van der Waals surface area contributed by atoms with Crippen LogP contribution in [0.1, 0.15) is 78.3 Å². The number of aromatic nitrogens is 2. The van der Waals surface area contributed by atoms with Crippen molar-refractivity contribution in [3.05, 3.63) is 18.2 Å². The zero-order valence-electron chi connectivity index (χ0n) is 27.8. The first kappa shape index (κ1) is 35.8. The summed E-state index contributed by atoms with van der Waals surface area (Å²) < 4.78 is 0. The number of hydrogen-bond acceptors (Lipinski definition) is 8. The molecule has 3 saturated heterocycles. The lowest BCUT2D eigenvalue weighted by Gasteiger charge is -2.35. The molecule has 1 aromatic rings. The van der Waals surface area contributed by atoms with Gasteiger partial charge < -0.3 is 41.2 Å². The molecule has 0 radical (unpaired) electrons. The van der Waals surface area contributed by atoms with Crippen LogP contribution in [-0.2, 0) is 35.2 Å². The Balaban J connectivity index is 1.50. The van der Waals surface area contributed by atoms with Crippen LogP contribution in [0, 0.1) is 11.8 Å². The normalized spacial score (nSPS) is 23.2. The van der Waals surface area contributed by atoms with Crippen molar-refractivity contribution in [2.75, 3.05) is 19.6 Å². The largest absolute Gasteiger partial charge is 0.480 e. The Morgan fingerprint density at radius 2 is 1.38 bits per heavy atom. The number of amides is 5. The number of likely N-dealkylation sites (tertiary alicyclic amines) is 3. The molecule has 3 fully saturated rings. The quantitative estimate of drug-likeness (QED) is 0.193. The highest BCUT2D eigenvalue weighted by atomic mass is 16.4. The van der Waals surface area contributed by atoms with Crippen LogP contribution in [0.15, 0.2) is 12.5 Å². The molecule has 0 saturated carbocycles. The molecule has 15 heteroatoms. The first-order valence-corrected chi connectivity index (χ1v) is 16.8. The molecule has 1 aromatic heterocycles. The van der Waals surface area contributed by atoms with E-state index < -0.39 is 59.9 Å². The minimum atomic E-state index is -1.05. The van der Waals surface area contributed by atoms with Crippen LogP contribution in [0.5, 0.6) is 0 Å². The van der Waals surface area contributed by atoms with Crippen LogP contribution < -0.4 is 16.4 Å². The van der Waals surface area contributed by atoms with Crippen molar-refractivity contribution in [1.82, 2.24) is 35.3 Å². The topological polar surface area (TPSA) is 211 Å². The molecule has 5 amide bonds. The maximum atomic E-state index is 14.1. The SMILES string of the molecule is CC(C)CC(NC(=O)C(Cc1cnc[nH]1)NC(=O)C(N)C(C)C)C(=O)N1CCCC1C(=O)N1CCCC1C(=O)N1CCCC1C(=O)O. The second-order valence-corrected chi connectivity index (χ2v) is 13.7. The molecule has 0 aliphatic carbocycles. The van der Waals surface area contributed by atoms with Crippen LogP contribution in [0.2, 0.25) is 0 Å². The highest BCUT2D eigenvalue weighted by molar-refractivity contribution is 5.97. The van der Waals surface area contributed by atoms with Gasteiger partial charge in [0.25, 0.3) is 0 Å². The van der Waals surface area contributed by atoms with Crippen molar-refractivity contribution in [3.8, 4) is 0 Å². The Labute approximate surface area is 275 Å². The molecule has 0 spiro atoms. The zero-order chi connectivity index (χ0) is 34.4. The Morgan fingerprint density at radius 1 is 0.851 bits per heavy atom. The number of imidazole rings is 1. The van der Waals surface area contributed by atoms with E-state index in [1.165, 1.54) is 21.0 Å². The molecule has 47 heavy (non-hydrogen) atoms. The smallest absolute Gasteiger partial charge is 0.326 e. The fraction of sp³-hybridized carbons (Fsp3) is 0.719. The highest BCUT2D eigenvalue weighted by Crippen LogP contribution is 2.29. The summed E-state index contributed by atoms with van der Waals surface area (Å²) in [4.78, 5) is 91.3. The fourth-order valence-electron chi connectivity index (χ4n) is 6.81. The summed E-state index contributed by atoms with van der Waals surface area (Å²) in [5.41, 5.74) is 6.66. The first-order chi connectivity index (χ1) is 22.3. The van der Waals surface area contributed by atoms with Gasteiger partial charge in [-0.2, -0.15) is 0 Å². The van der Waals surface area contributed by atoms with Crippen molar-refractivity contribution < 1.29 is 33.9 Å². The molecule has 6 unspecified atom stereocenters. The Hall–Kier alpha value is -4.01. The summed E-state index contributed by atoms with van der Waals surface area (Å²) in [6.07, 6.45) is 6.42. The van der Waals surface area contributed by atoms with Gasteiger partial charge in [0.15, 0.2) is 0 Å². The summed E-state index contributed by atoms with van der Waals surface area (Å²) in [6.45, 7) is 8.46. The van der Waals surface area contributed by atoms with E-state index in [4.69, 9.17) is 5.73 Å². The monoisotopic (exact) mass is 658 g/mol. The Bertz CT molecular complexity index is 1300. The first-order valence-electron chi connectivity index (χ1n) is 16.8. The van der Waals surface area contributed by atoms with Gasteiger partial charge in [-0.3, -0.25) is 24.0 Å². The van der Waals surface area contributed by atoms with Crippen molar-refractivity contribution in [2.24, 2.45) is 17.6 Å². The molecule has 0 bridgehead atoms. The predicted octanol–water partition coefficient (Wildman–Crippen LogP) is 0.00880. The summed E-state index contributed by atoms with van der Waals surface area (Å²) in [6, 6.07) is -5.31. The van der Waals surface area contributed by atoms with Gasteiger partial charge in [-0.25, -0.2) is 9.78 Å². The highest BCUT2D eigenvalue weighted by Gasteiger charge is 2.46. The molecular weight excluding hydrogens is 608 g/mol. The number of hydrogen-bond donors (Lipinski definition) is 5. The summed E-state index contributed by atoms with van der Waals surface area (Å²) in [5.74, 6) is -3.34. The van der Waals surface area contributed by atoms with Gasteiger partial charge in [-0.05, 0) is 56.8 Å². The lowest BCUT2D eigenvalue weighted by atomic mass is 10.0. The number of H-pyrrole nitrogens is 1. The van der Waals surface area contributed by atoms with E-state index in [9.17, 15) is 33.9 Å². The standard InChI is InChI=1S/C32H50N8O7/c1-18(2)14-22(37-27(41)21(15-20-16-34-17-35-20)36-28(42)26(33)19(3)4)29(43)38-11-5-8-23(38)30(44)39-12-6-9-24(39)31(45)40-13-7-10-25(40)32(46)47/h16-19,21-26H,5-15,33H2,1-4H3,(H,34,35)(H,36,42)(H,37,41)(H,46,47). The molecule has 6 atom stereocenters. The third-order valence-corrected chi connectivity index (χ3v) is 9.42. The molecule has 0 aromatic carbocycles. The second kappa shape index (κ2) is 15.7. The van der Waals surface area contributed by atoms with E-state index in [1.807, 2.05) is 13.8 Å². The number of carbonyl (C=O) groups excluding carboxylic acids is 5. The van der Waals surface area contributed by atoms with E-state index in [1.54, 1.807) is 20.0 Å². The van der Waals surface area contributed by atoms with Crippen molar-refractivity contribution in [2.45, 2.75) is 115 Å². The molecule has 4 heterocycles. The zero-order valence-corrected chi connectivity index (χ0v) is 27.8. The van der Waals surface area contributed by atoms with E-state index in [0.29, 0.717) is 70.3 Å². The van der Waals surface area contributed by atoms with Crippen molar-refractivity contribution in [1.29, 1.82) is 0 Å². The van der Waals surface area contributed by atoms with Crippen LogP contribution in [-0.4, -0.2) is 121 Å².